The number of carbonyl (C=O) groups excluding carboxylic acids is 1. The number of piperidine rings is 1. The fourth-order valence-electron chi connectivity index (χ4n) is 3.14. The lowest BCUT2D eigenvalue weighted by molar-refractivity contribution is -0.134. The van der Waals surface area contributed by atoms with Crippen LogP contribution in [0, 0.1) is 0 Å². The molecule has 2 heterocycles. The predicted octanol–water partition coefficient (Wildman–Crippen LogP) is 2.96. The third-order valence-corrected chi connectivity index (χ3v) is 5.45. The van der Waals surface area contributed by atoms with Gasteiger partial charge in [-0.2, -0.15) is 0 Å². The molecule has 5 heteroatoms. The summed E-state index contributed by atoms with van der Waals surface area (Å²) in [5.74, 6) is 0.264. The Balaban J connectivity index is 1.51. The van der Waals surface area contributed by atoms with E-state index in [1.165, 1.54) is 4.70 Å². The van der Waals surface area contributed by atoms with Crippen LogP contribution in [-0.4, -0.2) is 34.4 Å². The fraction of sp³-hybridized carbons (Fsp3) is 0.529. The second kappa shape index (κ2) is 6.75. The minimum Gasteiger partial charge on any atom is -0.340 e. The molecule has 0 spiro atoms. The fourth-order valence-corrected chi connectivity index (χ4v) is 4.15. The molecule has 1 fully saturated rings. The molecule has 1 saturated heterocycles. The summed E-state index contributed by atoms with van der Waals surface area (Å²) < 4.78 is 1.22. The van der Waals surface area contributed by atoms with Crippen LogP contribution in [0.4, 0.5) is 0 Å². The van der Waals surface area contributed by atoms with Crippen LogP contribution in [0.2, 0.25) is 0 Å². The number of carbonyl (C=O) groups is 1. The Morgan fingerprint density at radius 3 is 3.05 bits per heavy atom. The van der Waals surface area contributed by atoms with Crippen molar-refractivity contribution in [3.63, 3.8) is 0 Å². The molecule has 2 unspecified atom stereocenters. The van der Waals surface area contributed by atoms with E-state index in [2.05, 4.69) is 18.0 Å². The Kier molecular flexibility index (Phi) is 4.74. The number of likely N-dealkylation sites (tertiary alicyclic amines) is 1. The number of rotatable bonds is 4. The van der Waals surface area contributed by atoms with Crippen molar-refractivity contribution in [2.24, 2.45) is 5.73 Å². The van der Waals surface area contributed by atoms with E-state index in [-0.39, 0.29) is 18.0 Å². The second-order valence-corrected chi connectivity index (χ2v) is 7.26. The van der Waals surface area contributed by atoms with Gasteiger partial charge in [-0.05, 0) is 44.7 Å². The van der Waals surface area contributed by atoms with Gasteiger partial charge in [-0.1, -0.05) is 12.1 Å². The Bertz CT molecular complexity index is 621. The molecule has 0 aliphatic carbocycles. The second-order valence-electron chi connectivity index (χ2n) is 6.15. The maximum Gasteiger partial charge on any atom is 0.222 e. The van der Waals surface area contributed by atoms with E-state index in [1.807, 2.05) is 23.1 Å². The van der Waals surface area contributed by atoms with Crippen molar-refractivity contribution in [1.82, 2.24) is 9.88 Å². The maximum absolute atomic E-state index is 12.3. The molecule has 1 aromatic heterocycles. The summed E-state index contributed by atoms with van der Waals surface area (Å²) in [5, 5.41) is 1.13. The van der Waals surface area contributed by atoms with E-state index in [4.69, 9.17) is 5.73 Å². The zero-order valence-electron chi connectivity index (χ0n) is 13.0. The number of nitrogens with two attached hydrogens (primary N) is 1. The van der Waals surface area contributed by atoms with Crippen molar-refractivity contribution >= 4 is 27.5 Å². The van der Waals surface area contributed by atoms with Gasteiger partial charge in [0.1, 0.15) is 0 Å². The first-order valence-electron chi connectivity index (χ1n) is 8.03. The zero-order chi connectivity index (χ0) is 15.5. The third kappa shape index (κ3) is 3.47. The summed E-state index contributed by atoms with van der Waals surface area (Å²) in [5.41, 5.74) is 7.02. The van der Waals surface area contributed by atoms with Gasteiger partial charge in [0.05, 0.1) is 15.2 Å². The smallest absolute Gasteiger partial charge is 0.222 e. The number of hydrogen-bond donors (Lipinski definition) is 1. The van der Waals surface area contributed by atoms with Gasteiger partial charge in [0, 0.05) is 25.0 Å². The molecular weight excluding hydrogens is 294 g/mol. The number of nitrogens with zero attached hydrogens (tertiary/aromatic N) is 2. The Morgan fingerprint density at radius 2 is 2.27 bits per heavy atom. The summed E-state index contributed by atoms with van der Waals surface area (Å²) in [7, 11) is 0. The molecule has 22 heavy (non-hydrogen) atoms. The molecule has 1 aliphatic heterocycles. The number of amides is 1. The molecular formula is C17H23N3OS. The van der Waals surface area contributed by atoms with Gasteiger partial charge < -0.3 is 10.6 Å². The highest BCUT2D eigenvalue weighted by atomic mass is 32.1. The monoisotopic (exact) mass is 317 g/mol. The van der Waals surface area contributed by atoms with Crippen LogP contribution >= 0.6 is 11.3 Å². The summed E-state index contributed by atoms with van der Waals surface area (Å²) in [6, 6.07) is 8.72. The predicted molar refractivity (Wildman–Crippen MR) is 90.9 cm³/mol. The van der Waals surface area contributed by atoms with E-state index in [0.717, 1.165) is 42.8 Å². The molecule has 1 amide bonds. The molecule has 0 saturated carbocycles. The van der Waals surface area contributed by atoms with Crippen molar-refractivity contribution in [3.8, 4) is 0 Å². The minimum absolute atomic E-state index is 0.252. The molecule has 1 aliphatic rings. The number of para-hydroxylation sites is 1. The van der Waals surface area contributed by atoms with E-state index in [9.17, 15) is 4.79 Å². The average molecular weight is 317 g/mol. The molecule has 0 radical (unpaired) electrons. The Labute approximate surface area is 135 Å². The number of fused-ring (bicyclic) bond motifs is 1. The van der Waals surface area contributed by atoms with Crippen LogP contribution in [0.3, 0.4) is 0 Å². The molecule has 0 bridgehead atoms. The molecule has 2 aromatic rings. The van der Waals surface area contributed by atoms with Gasteiger partial charge >= 0.3 is 0 Å². The van der Waals surface area contributed by atoms with Crippen molar-refractivity contribution in [3.05, 3.63) is 29.3 Å². The van der Waals surface area contributed by atoms with Crippen LogP contribution in [0.1, 0.15) is 37.6 Å². The molecule has 1 aromatic carbocycles. The number of aryl methyl sites for hydroxylation is 1. The number of hydrogen-bond acceptors (Lipinski definition) is 4. The highest BCUT2D eigenvalue weighted by Crippen LogP contribution is 2.23. The zero-order valence-corrected chi connectivity index (χ0v) is 13.8. The van der Waals surface area contributed by atoms with Gasteiger partial charge in [-0.25, -0.2) is 4.98 Å². The standard InChI is InChI=1S/C17H23N3OS/c1-12-11-13(18)9-10-20(12)17(21)8-4-7-16-19-14-5-2-3-6-15(14)22-16/h2-3,5-6,12-13H,4,7-11,18H2,1H3. The summed E-state index contributed by atoms with van der Waals surface area (Å²) in [6.07, 6.45) is 4.20. The lowest BCUT2D eigenvalue weighted by Crippen LogP contribution is -2.48. The summed E-state index contributed by atoms with van der Waals surface area (Å²) in [4.78, 5) is 19.0. The Hall–Kier alpha value is -1.46. The molecule has 2 N–H and O–H groups in total. The van der Waals surface area contributed by atoms with Crippen molar-refractivity contribution in [2.45, 2.75) is 51.1 Å². The minimum atomic E-state index is 0.252. The molecule has 4 nitrogen and oxygen atoms in total. The molecule has 2 atom stereocenters. The highest BCUT2D eigenvalue weighted by molar-refractivity contribution is 7.18. The van der Waals surface area contributed by atoms with Gasteiger partial charge in [-0.3, -0.25) is 4.79 Å². The molecule has 3 rings (SSSR count). The van der Waals surface area contributed by atoms with Crippen molar-refractivity contribution in [2.75, 3.05) is 6.54 Å². The van der Waals surface area contributed by atoms with Crippen LogP contribution in [-0.2, 0) is 11.2 Å². The van der Waals surface area contributed by atoms with E-state index < -0.39 is 0 Å². The molecule has 118 valence electrons. The van der Waals surface area contributed by atoms with Gasteiger partial charge in [0.25, 0.3) is 0 Å². The number of aromatic nitrogens is 1. The summed E-state index contributed by atoms with van der Waals surface area (Å²) in [6.45, 7) is 2.91. The SMILES string of the molecule is CC1CC(N)CCN1C(=O)CCCc1nc2ccccc2s1. The quantitative estimate of drug-likeness (QED) is 0.943. The normalized spacial score (nSPS) is 22.2. The third-order valence-electron chi connectivity index (χ3n) is 4.36. The van der Waals surface area contributed by atoms with Crippen LogP contribution < -0.4 is 5.73 Å². The summed E-state index contributed by atoms with van der Waals surface area (Å²) >= 11 is 1.73. The number of thiazole rings is 1. The van der Waals surface area contributed by atoms with Gasteiger partial charge in [-0.15, -0.1) is 11.3 Å². The first kappa shape index (κ1) is 15.4. The highest BCUT2D eigenvalue weighted by Gasteiger charge is 2.26. The lowest BCUT2D eigenvalue weighted by atomic mass is 9.98. The van der Waals surface area contributed by atoms with Crippen LogP contribution in [0.15, 0.2) is 24.3 Å². The van der Waals surface area contributed by atoms with E-state index in [1.54, 1.807) is 11.3 Å². The van der Waals surface area contributed by atoms with Crippen LogP contribution in [0.25, 0.3) is 10.2 Å². The number of benzene rings is 1. The van der Waals surface area contributed by atoms with E-state index >= 15 is 0 Å². The first-order chi connectivity index (χ1) is 10.6. The maximum atomic E-state index is 12.3. The van der Waals surface area contributed by atoms with Crippen molar-refractivity contribution < 1.29 is 4.79 Å². The van der Waals surface area contributed by atoms with Gasteiger partial charge in [0.15, 0.2) is 0 Å². The Morgan fingerprint density at radius 1 is 1.45 bits per heavy atom. The van der Waals surface area contributed by atoms with Crippen molar-refractivity contribution in [1.29, 1.82) is 0 Å². The average Bonchev–Trinajstić information content (AvgIpc) is 2.89. The van der Waals surface area contributed by atoms with E-state index in [0.29, 0.717) is 6.42 Å². The van der Waals surface area contributed by atoms with Crippen LogP contribution in [0.5, 0.6) is 0 Å². The topological polar surface area (TPSA) is 59.2 Å². The largest absolute Gasteiger partial charge is 0.340 e. The lowest BCUT2D eigenvalue weighted by Gasteiger charge is -2.36. The van der Waals surface area contributed by atoms with Gasteiger partial charge in [0.2, 0.25) is 5.91 Å². The first-order valence-corrected chi connectivity index (χ1v) is 8.84.